The summed E-state index contributed by atoms with van der Waals surface area (Å²) in [6.45, 7) is 5.66. The molecule has 1 saturated heterocycles. The maximum atomic E-state index is 13.3. The number of piperidine rings is 1. The fraction of sp³-hybridized carbons (Fsp3) is 0.600. The van der Waals surface area contributed by atoms with Crippen LogP contribution in [0, 0.1) is 11.8 Å². The lowest BCUT2D eigenvalue weighted by Gasteiger charge is -2.38. The van der Waals surface area contributed by atoms with Gasteiger partial charge in [0.15, 0.2) is 0 Å². The summed E-state index contributed by atoms with van der Waals surface area (Å²) in [5.41, 5.74) is 0.455. The van der Waals surface area contributed by atoms with Crippen LogP contribution >= 0.6 is 15.9 Å². The molecule has 2 atom stereocenters. The van der Waals surface area contributed by atoms with Gasteiger partial charge < -0.3 is 4.90 Å². The van der Waals surface area contributed by atoms with Gasteiger partial charge in [-0.25, -0.2) is 0 Å². The van der Waals surface area contributed by atoms with Crippen molar-refractivity contribution in [2.75, 3.05) is 18.0 Å². The number of nitrogens with zero attached hydrogens (tertiary/aromatic N) is 1. The van der Waals surface area contributed by atoms with Crippen molar-refractivity contribution in [3.05, 3.63) is 29.3 Å². The van der Waals surface area contributed by atoms with Crippen molar-refractivity contribution in [3.63, 3.8) is 0 Å². The average molecular weight is 350 g/mol. The normalized spacial score (nSPS) is 24.0. The second kappa shape index (κ2) is 5.96. The molecule has 1 nitrogen and oxygen atoms in total. The van der Waals surface area contributed by atoms with Crippen LogP contribution in [0.25, 0.3) is 0 Å². The molecule has 1 aliphatic rings. The van der Waals surface area contributed by atoms with Crippen LogP contribution in [0.3, 0.4) is 0 Å². The van der Waals surface area contributed by atoms with Crippen LogP contribution < -0.4 is 4.90 Å². The van der Waals surface area contributed by atoms with Crippen LogP contribution in [0.4, 0.5) is 18.9 Å². The number of benzene rings is 1. The molecular weight excluding hydrogens is 331 g/mol. The Kier molecular flexibility index (Phi) is 4.67. The molecule has 1 aromatic rings. The lowest BCUT2D eigenvalue weighted by atomic mass is 9.88. The van der Waals surface area contributed by atoms with Crippen LogP contribution in [0.1, 0.15) is 31.4 Å². The van der Waals surface area contributed by atoms with E-state index < -0.39 is 11.7 Å². The Morgan fingerprint density at radius 2 is 1.95 bits per heavy atom. The lowest BCUT2D eigenvalue weighted by molar-refractivity contribution is -0.137. The average Bonchev–Trinajstić information content (AvgIpc) is 2.40. The summed E-state index contributed by atoms with van der Waals surface area (Å²) >= 11 is 3.22. The van der Waals surface area contributed by atoms with E-state index in [4.69, 9.17) is 0 Å². The highest BCUT2D eigenvalue weighted by atomic mass is 79.9. The third-order valence-electron chi connectivity index (χ3n) is 4.20. The number of anilines is 1. The fourth-order valence-electron chi connectivity index (χ4n) is 2.65. The van der Waals surface area contributed by atoms with Crippen molar-refractivity contribution in [1.82, 2.24) is 0 Å². The minimum absolute atomic E-state index is 0.320. The monoisotopic (exact) mass is 349 g/mol. The first-order chi connectivity index (χ1) is 9.32. The zero-order valence-corrected chi connectivity index (χ0v) is 13.3. The van der Waals surface area contributed by atoms with Gasteiger partial charge in [0.1, 0.15) is 0 Å². The van der Waals surface area contributed by atoms with Gasteiger partial charge in [0.25, 0.3) is 0 Å². The van der Waals surface area contributed by atoms with Gasteiger partial charge in [0.05, 0.1) is 5.56 Å². The van der Waals surface area contributed by atoms with Crippen molar-refractivity contribution >= 4 is 21.6 Å². The van der Waals surface area contributed by atoms with Crippen molar-refractivity contribution in [2.45, 2.75) is 31.8 Å². The highest BCUT2D eigenvalue weighted by Crippen LogP contribution is 2.39. The molecule has 0 bridgehead atoms. The van der Waals surface area contributed by atoms with Crippen LogP contribution in [0.5, 0.6) is 0 Å². The van der Waals surface area contributed by atoms with Crippen molar-refractivity contribution in [1.29, 1.82) is 0 Å². The van der Waals surface area contributed by atoms with E-state index >= 15 is 0 Å². The Balaban J connectivity index is 2.36. The van der Waals surface area contributed by atoms with E-state index in [-0.39, 0.29) is 0 Å². The van der Waals surface area contributed by atoms with Gasteiger partial charge in [0, 0.05) is 24.1 Å². The molecule has 0 aromatic heterocycles. The molecule has 0 radical (unpaired) electrons. The van der Waals surface area contributed by atoms with Gasteiger partial charge in [-0.1, -0.05) is 35.8 Å². The molecule has 0 amide bonds. The summed E-state index contributed by atoms with van der Waals surface area (Å²) < 4.78 is 39.8. The molecule has 0 aliphatic carbocycles. The van der Waals surface area contributed by atoms with E-state index in [1.165, 1.54) is 6.07 Å². The topological polar surface area (TPSA) is 3.24 Å². The quantitative estimate of drug-likeness (QED) is 0.672. The van der Waals surface area contributed by atoms with Gasteiger partial charge in [-0.2, -0.15) is 13.2 Å². The van der Waals surface area contributed by atoms with Crippen LogP contribution in [0.2, 0.25) is 0 Å². The number of halogens is 4. The highest BCUT2D eigenvalue weighted by Gasteiger charge is 2.36. The SMILES string of the molecule is CC1CCN(c2ccc(CBr)cc2C(F)(F)F)CC1C. The van der Waals surface area contributed by atoms with Crippen molar-refractivity contribution in [3.8, 4) is 0 Å². The van der Waals surface area contributed by atoms with Gasteiger partial charge in [0.2, 0.25) is 0 Å². The van der Waals surface area contributed by atoms with E-state index in [1.54, 1.807) is 12.1 Å². The van der Waals surface area contributed by atoms with Gasteiger partial charge in [-0.05, 0) is 36.0 Å². The zero-order chi connectivity index (χ0) is 14.9. The summed E-state index contributed by atoms with van der Waals surface area (Å²) in [6.07, 6.45) is -3.36. The first kappa shape index (κ1) is 15.7. The smallest absolute Gasteiger partial charge is 0.371 e. The van der Waals surface area contributed by atoms with E-state index in [9.17, 15) is 13.2 Å². The summed E-state index contributed by atoms with van der Waals surface area (Å²) in [6, 6.07) is 4.64. The predicted octanol–water partition coefficient (Wildman–Crippen LogP) is 5.08. The molecule has 2 unspecified atom stereocenters. The van der Waals surface area contributed by atoms with Crippen LogP contribution in [-0.4, -0.2) is 13.1 Å². The molecule has 0 spiro atoms. The lowest BCUT2D eigenvalue weighted by Crippen LogP contribution is -2.39. The molecule has 1 fully saturated rings. The molecule has 20 heavy (non-hydrogen) atoms. The molecule has 1 heterocycles. The Hall–Kier alpha value is -0.710. The standard InChI is InChI=1S/C15H19BrF3N/c1-10-5-6-20(9-11(10)2)14-4-3-12(8-16)7-13(14)15(17,18)19/h3-4,7,10-11H,5-6,8-9H2,1-2H3. The summed E-state index contributed by atoms with van der Waals surface area (Å²) in [5, 5.41) is 0.434. The number of alkyl halides is 4. The molecule has 0 N–H and O–H groups in total. The molecule has 1 aromatic carbocycles. The van der Waals surface area contributed by atoms with Crippen LogP contribution in [0.15, 0.2) is 18.2 Å². The first-order valence-electron chi connectivity index (χ1n) is 6.84. The number of hydrogen-bond acceptors (Lipinski definition) is 1. The molecule has 2 rings (SSSR count). The zero-order valence-electron chi connectivity index (χ0n) is 11.7. The molecule has 0 saturated carbocycles. The third-order valence-corrected chi connectivity index (χ3v) is 4.84. The molecular formula is C15H19BrF3N. The highest BCUT2D eigenvalue weighted by molar-refractivity contribution is 9.08. The van der Waals surface area contributed by atoms with Gasteiger partial charge in [-0.15, -0.1) is 0 Å². The summed E-state index contributed by atoms with van der Waals surface area (Å²) in [7, 11) is 0. The van der Waals surface area contributed by atoms with Crippen molar-refractivity contribution in [2.24, 2.45) is 11.8 Å². The van der Waals surface area contributed by atoms with E-state index in [2.05, 4.69) is 29.8 Å². The Labute approximate surface area is 126 Å². The Morgan fingerprint density at radius 1 is 1.25 bits per heavy atom. The largest absolute Gasteiger partial charge is 0.418 e. The van der Waals surface area contributed by atoms with Crippen LogP contribution in [-0.2, 0) is 11.5 Å². The Morgan fingerprint density at radius 3 is 2.50 bits per heavy atom. The summed E-state index contributed by atoms with van der Waals surface area (Å²) in [4.78, 5) is 1.88. The first-order valence-corrected chi connectivity index (χ1v) is 7.96. The van der Waals surface area contributed by atoms with E-state index in [1.807, 2.05) is 4.90 Å². The molecule has 5 heteroatoms. The predicted molar refractivity (Wildman–Crippen MR) is 79.2 cm³/mol. The molecule has 112 valence electrons. The van der Waals surface area contributed by atoms with Crippen molar-refractivity contribution < 1.29 is 13.2 Å². The minimum atomic E-state index is -4.31. The van der Waals surface area contributed by atoms with E-state index in [0.29, 0.717) is 41.5 Å². The maximum Gasteiger partial charge on any atom is 0.418 e. The second-order valence-electron chi connectivity index (χ2n) is 5.67. The van der Waals surface area contributed by atoms with Gasteiger partial charge in [-0.3, -0.25) is 0 Å². The number of hydrogen-bond donors (Lipinski definition) is 0. The molecule has 1 aliphatic heterocycles. The number of rotatable bonds is 2. The van der Waals surface area contributed by atoms with Gasteiger partial charge >= 0.3 is 6.18 Å². The fourth-order valence-corrected chi connectivity index (χ4v) is 3.00. The maximum absolute atomic E-state index is 13.3. The Bertz CT molecular complexity index is 473. The summed E-state index contributed by atoms with van der Waals surface area (Å²) in [5.74, 6) is 0.989. The van der Waals surface area contributed by atoms with E-state index in [0.717, 1.165) is 6.42 Å². The second-order valence-corrected chi connectivity index (χ2v) is 6.23. The third kappa shape index (κ3) is 3.30. The minimum Gasteiger partial charge on any atom is -0.371 e.